The fourth-order valence-electron chi connectivity index (χ4n) is 3.99. The predicted molar refractivity (Wildman–Crippen MR) is 119 cm³/mol. The molecule has 0 aromatic heterocycles. The molecule has 1 saturated heterocycles. The number of hydrogen-bond acceptors (Lipinski definition) is 11. The van der Waals surface area contributed by atoms with Gasteiger partial charge in [0.25, 0.3) is 11.9 Å². The van der Waals surface area contributed by atoms with Gasteiger partial charge in [-0.3, -0.25) is 0 Å². The van der Waals surface area contributed by atoms with Crippen LogP contribution in [0.15, 0.2) is 30.0 Å². The molecule has 0 aliphatic carbocycles. The smallest absolute Gasteiger partial charge is 0.270 e. The maximum absolute atomic E-state index is 10.8. The highest BCUT2D eigenvalue weighted by molar-refractivity contribution is 5.70. The molecule has 0 amide bonds. The highest BCUT2D eigenvalue weighted by Gasteiger charge is 2.45. The Morgan fingerprint density at radius 1 is 0.886 bits per heavy atom. The molecule has 2 aliphatic heterocycles. The van der Waals surface area contributed by atoms with Gasteiger partial charge in [0.1, 0.15) is 41.5 Å². The van der Waals surface area contributed by atoms with Crippen molar-refractivity contribution >= 4 is 6.08 Å². The van der Waals surface area contributed by atoms with Crippen molar-refractivity contribution < 1.29 is 59.4 Å². The van der Waals surface area contributed by atoms with Crippen LogP contribution in [-0.2, 0) is 4.74 Å². The fourth-order valence-corrected chi connectivity index (χ4v) is 3.99. The van der Waals surface area contributed by atoms with Crippen LogP contribution in [0.3, 0.4) is 0 Å². The number of ether oxygens (including phenoxy) is 5. The van der Waals surface area contributed by atoms with Crippen LogP contribution in [0.25, 0.3) is 6.08 Å². The second kappa shape index (κ2) is 9.68. The lowest BCUT2D eigenvalue weighted by Gasteiger charge is -2.39. The number of aromatic hydroxyl groups is 3. The summed E-state index contributed by atoms with van der Waals surface area (Å²) in [6.07, 6.45) is -7.18. The Kier molecular flexibility index (Phi) is 6.83. The predicted octanol–water partition coefficient (Wildman–Crippen LogP) is 0.189. The molecular formula is C23H27O12+. The first-order valence-corrected chi connectivity index (χ1v) is 10.6. The Morgan fingerprint density at radius 3 is 2.14 bits per heavy atom. The van der Waals surface area contributed by atoms with Gasteiger partial charge in [-0.1, -0.05) is 0 Å². The van der Waals surface area contributed by atoms with Crippen molar-refractivity contribution in [3.8, 4) is 34.5 Å². The summed E-state index contributed by atoms with van der Waals surface area (Å²) in [5.74, 6) is -0.284. The van der Waals surface area contributed by atoms with Crippen LogP contribution in [0.4, 0.5) is 0 Å². The minimum atomic E-state index is -1.67. The van der Waals surface area contributed by atoms with E-state index in [4.69, 9.17) is 18.9 Å². The van der Waals surface area contributed by atoms with E-state index in [2.05, 4.69) is 4.74 Å². The number of phenols is 2. The van der Waals surface area contributed by atoms with Gasteiger partial charge in [0.05, 0.1) is 32.5 Å². The van der Waals surface area contributed by atoms with Crippen molar-refractivity contribution in [1.29, 1.82) is 0 Å². The molecule has 0 radical (unpaired) electrons. The first-order chi connectivity index (χ1) is 16.7. The fraction of sp³-hybridized carbons (Fsp3) is 0.391. The van der Waals surface area contributed by atoms with Crippen molar-refractivity contribution in [3.63, 3.8) is 0 Å². The van der Waals surface area contributed by atoms with E-state index in [0.29, 0.717) is 5.56 Å². The molecule has 0 saturated carbocycles. The minimum Gasteiger partial charge on any atom is -0.571 e. The molecule has 0 bridgehead atoms. The number of phenolic OH excluding ortho intramolecular Hbond substituents is 2. The summed E-state index contributed by atoms with van der Waals surface area (Å²) < 4.78 is 25.9. The second-order valence-corrected chi connectivity index (χ2v) is 8.07. The van der Waals surface area contributed by atoms with Gasteiger partial charge in [0.2, 0.25) is 12.0 Å². The van der Waals surface area contributed by atoms with Gasteiger partial charge in [0.15, 0.2) is 17.3 Å². The first kappa shape index (κ1) is 24.7. The number of aliphatic hydroxyl groups excluding tert-OH is 5. The zero-order valence-electron chi connectivity index (χ0n) is 18.8. The van der Waals surface area contributed by atoms with E-state index in [9.17, 15) is 35.7 Å². The Hall–Kier alpha value is -3.42. The molecule has 2 aliphatic rings. The van der Waals surface area contributed by atoms with E-state index in [1.165, 1.54) is 44.6 Å². The summed E-state index contributed by atoms with van der Waals surface area (Å²) in [6.45, 7) is -0.639. The van der Waals surface area contributed by atoms with Gasteiger partial charge in [-0.2, -0.15) is 0 Å². The van der Waals surface area contributed by atoms with E-state index < -0.39 is 43.4 Å². The SMILES string of the molecule is COc1cc(C2[OH+]c3cc(O)cc(O[C@@H]4O[C@@H](CO)[C@@H](O)[C@H](O)[C@H]4O)c3C=C2O)cc(OC)c1O. The van der Waals surface area contributed by atoms with Gasteiger partial charge < -0.3 is 59.4 Å². The average Bonchev–Trinajstić information content (AvgIpc) is 2.84. The maximum Gasteiger partial charge on any atom is 0.270 e. The van der Waals surface area contributed by atoms with Gasteiger partial charge in [-0.25, -0.2) is 0 Å². The van der Waals surface area contributed by atoms with Crippen molar-refractivity contribution in [2.75, 3.05) is 20.8 Å². The number of methoxy groups -OCH3 is 2. The van der Waals surface area contributed by atoms with Crippen LogP contribution in [0.5, 0.6) is 34.5 Å². The molecule has 2 aromatic carbocycles. The monoisotopic (exact) mass is 495 g/mol. The lowest BCUT2D eigenvalue weighted by Crippen LogP contribution is -2.60. The molecule has 0 spiro atoms. The quantitative estimate of drug-likeness (QED) is 0.271. The first-order valence-electron chi connectivity index (χ1n) is 10.6. The highest BCUT2D eigenvalue weighted by atomic mass is 16.7. The average molecular weight is 495 g/mol. The topological polar surface area (TPSA) is 191 Å². The molecule has 12 nitrogen and oxygen atoms in total. The van der Waals surface area contributed by atoms with Crippen LogP contribution >= 0.6 is 0 Å². The van der Waals surface area contributed by atoms with E-state index in [1.807, 2.05) is 0 Å². The van der Waals surface area contributed by atoms with Gasteiger partial charge in [-0.15, -0.1) is 0 Å². The van der Waals surface area contributed by atoms with Crippen LogP contribution < -0.4 is 14.2 Å². The van der Waals surface area contributed by atoms with Crippen LogP contribution in [-0.4, -0.2) is 92.0 Å². The molecule has 4 rings (SSSR count). The lowest BCUT2D eigenvalue weighted by molar-refractivity contribution is -0.277. The molecule has 35 heavy (non-hydrogen) atoms. The summed E-state index contributed by atoms with van der Waals surface area (Å²) in [7, 11) is 2.73. The van der Waals surface area contributed by atoms with Crippen LogP contribution in [0.1, 0.15) is 17.2 Å². The van der Waals surface area contributed by atoms with Crippen LogP contribution in [0, 0.1) is 0 Å². The maximum atomic E-state index is 10.8. The van der Waals surface area contributed by atoms with E-state index in [1.54, 1.807) is 0 Å². The zero-order valence-corrected chi connectivity index (χ0v) is 18.8. The van der Waals surface area contributed by atoms with Crippen molar-refractivity contribution in [2.45, 2.75) is 36.8 Å². The van der Waals surface area contributed by atoms with Crippen molar-refractivity contribution in [2.24, 2.45) is 0 Å². The third-order valence-electron chi connectivity index (χ3n) is 5.85. The van der Waals surface area contributed by atoms with Crippen molar-refractivity contribution in [1.82, 2.24) is 0 Å². The Labute approximate surface area is 199 Å². The molecule has 1 unspecified atom stereocenters. The Morgan fingerprint density at radius 2 is 1.54 bits per heavy atom. The summed E-state index contributed by atoms with van der Waals surface area (Å²) in [5, 5.41) is 70.9. The van der Waals surface area contributed by atoms with Gasteiger partial charge in [-0.05, 0) is 12.1 Å². The summed E-state index contributed by atoms with van der Waals surface area (Å²) in [6, 6.07) is 5.50. The number of benzene rings is 2. The molecule has 190 valence electrons. The van der Waals surface area contributed by atoms with E-state index in [-0.39, 0.29) is 45.8 Å². The summed E-state index contributed by atoms with van der Waals surface area (Å²) in [4.78, 5) is 0. The number of hydrogen-bond donors (Lipinski definition) is 7. The third kappa shape index (κ3) is 4.49. The van der Waals surface area contributed by atoms with Crippen molar-refractivity contribution in [3.05, 3.63) is 41.2 Å². The Bertz CT molecular complexity index is 1090. The number of fused-ring (bicyclic) bond motifs is 1. The molecular weight excluding hydrogens is 468 g/mol. The number of rotatable bonds is 6. The molecule has 2 heterocycles. The van der Waals surface area contributed by atoms with Crippen LogP contribution in [0.2, 0.25) is 0 Å². The largest absolute Gasteiger partial charge is 0.571 e. The van der Waals surface area contributed by atoms with Gasteiger partial charge >= 0.3 is 0 Å². The molecule has 12 heteroatoms. The highest BCUT2D eigenvalue weighted by Crippen LogP contribution is 2.47. The third-order valence-corrected chi connectivity index (χ3v) is 5.85. The molecule has 8 N–H and O–H groups in total. The lowest BCUT2D eigenvalue weighted by atomic mass is 9.99. The Balaban J connectivity index is 1.68. The number of aliphatic hydroxyl groups is 6. The zero-order chi connectivity index (χ0) is 25.4. The molecule has 6 atom stereocenters. The summed E-state index contributed by atoms with van der Waals surface area (Å²) in [5.41, 5.74) is 0.668. The van der Waals surface area contributed by atoms with Gasteiger partial charge in [0, 0.05) is 12.1 Å². The van der Waals surface area contributed by atoms with E-state index in [0.717, 1.165) is 0 Å². The normalized spacial score (nSPS) is 27.9. The minimum absolute atomic E-state index is 0.0426. The summed E-state index contributed by atoms with van der Waals surface area (Å²) >= 11 is 0. The molecule has 2 aromatic rings. The van der Waals surface area contributed by atoms with E-state index >= 15 is 0 Å². The molecule has 1 fully saturated rings. The second-order valence-electron chi connectivity index (χ2n) is 8.07. The standard InChI is InChI=1S/C23H26O12/c1-31-15-3-9(4-16(32-2)18(15)27)22-12(26)7-11-13(33-22)5-10(25)6-14(11)34-23-21(30)20(29)19(28)17(8-24)35-23/h3-7,17,19-30H,8H2,1-2H3/p+1/t17-,19+,20-,21+,22?,23+/m0/s1.